The van der Waals surface area contributed by atoms with Gasteiger partial charge in [0.25, 0.3) is 0 Å². The molecule has 0 aliphatic heterocycles. The van der Waals surface area contributed by atoms with E-state index in [9.17, 15) is 4.79 Å². The summed E-state index contributed by atoms with van der Waals surface area (Å²) < 4.78 is 1.79. The van der Waals surface area contributed by atoms with Crippen molar-refractivity contribution in [1.29, 1.82) is 0 Å². The summed E-state index contributed by atoms with van der Waals surface area (Å²) in [7, 11) is 0. The summed E-state index contributed by atoms with van der Waals surface area (Å²) in [6.07, 6.45) is 3.75. The molecular weight excluding hydrogens is 440 g/mol. The number of aryl methyl sites for hydroxylation is 1. The average molecular weight is 465 g/mol. The van der Waals surface area contributed by atoms with Crippen LogP contribution in [-0.2, 0) is 19.4 Å². The fourth-order valence-electron chi connectivity index (χ4n) is 3.92. The van der Waals surface area contributed by atoms with Crippen LogP contribution in [-0.4, -0.2) is 46.2 Å². The molecule has 35 heavy (non-hydrogen) atoms. The van der Waals surface area contributed by atoms with Gasteiger partial charge in [-0.2, -0.15) is 5.21 Å². The second-order valence-corrected chi connectivity index (χ2v) is 8.16. The van der Waals surface area contributed by atoms with Crippen molar-refractivity contribution in [2.24, 2.45) is 0 Å². The number of ketones is 1. The third-order valence-electron chi connectivity index (χ3n) is 5.64. The lowest BCUT2D eigenvalue weighted by molar-refractivity contribution is 0.0982. The maximum Gasteiger partial charge on any atom is 0.217 e. The van der Waals surface area contributed by atoms with Crippen molar-refractivity contribution in [3.05, 3.63) is 95.8 Å². The van der Waals surface area contributed by atoms with Crippen molar-refractivity contribution < 1.29 is 4.79 Å². The van der Waals surface area contributed by atoms with Gasteiger partial charge in [0.1, 0.15) is 5.82 Å². The van der Waals surface area contributed by atoms with Crippen LogP contribution in [0.1, 0.15) is 41.0 Å². The van der Waals surface area contributed by atoms with E-state index in [0.29, 0.717) is 12.4 Å². The zero-order valence-corrected chi connectivity index (χ0v) is 19.3. The van der Waals surface area contributed by atoms with E-state index in [4.69, 9.17) is 0 Å². The van der Waals surface area contributed by atoms with E-state index in [1.54, 1.807) is 4.68 Å². The lowest BCUT2D eigenvalue weighted by Crippen LogP contribution is -2.09. The maximum absolute atomic E-state index is 12.8. The first-order valence-electron chi connectivity index (χ1n) is 11.5. The first-order chi connectivity index (χ1) is 17.2. The Kier molecular flexibility index (Phi) is 6.47. The Balaban J connectivity index is 1.37. The van der Waals surface area contributed by atoms with Gasteiger partial charge in [0, 0.05) is 30.2 Å². The monoisotopic (exact) mass is 464 g/mol. The second-order valence-electron chi connectivity index (χ2n) is 8.16. The summed E-state index contributed by atoms with van der Waals surface area (Å²) in [5, 5.41) is 18.9. The van der Waals surface area contributed by atoms with Crippen LogP contribution in [0, 0.1) is 0 Å². The number of Topliss-reactive ketones (excluding diaryl/α,β-unsaturated/α-hetero) is 1. The molecule has 0 amide bonds. The molecule has 0 aliphatic rings. The van der Waals surface area contributed by atoms with Crippen LogP contribution in [0.3, 0.4) is 0 Å². The van der Waals surface area contributed by atoms with Crippen molar-refractivity contribution in [2.75, 3.05) is 0 Å². The molecule has 0 spiro atoms. The fourth-order valence-corrected chi connectivity index (χ4v) is 3.92. The van der Waals surface area contributed by atoms with Crippen LogP contribution >= 0.6 is 0 Å². The van der Waals surface area contributed by atoms with E-state index in [2.05, 4.69) is 42.6 Å². The average Bonchev–Trinajstić information content (AvgIpc) is 3.56. The Morgan fingerprint density at radius 2 is 1.77 bits per heavy atom. The second kappa shape index (κ2) is 10.2. The number of pyridine rings is 1. The summed E-state index contributed by atoms with van der Waals surface area (Å²) in [6.45, 7) is 2.52. The molecular formula is C26H24N8O. The number of carbonyl (C=O) groups excluding carboxylic acids is 1. The van der Waals surface area contributed by atoms with Gasteiger partial charge in [0.05, 0.1) is 12.2 Å². The molecule has 5 aromatic rings. The van der Waals surface area contributed by atoms with Gasteiger partial charge < -0.3 is 0 Å². The Labute approximate surface area is 202 Å². The minimum Gasteiger partial charge on any atom is -0.290 e. The van der Waals surface area contributed by atoms with Gasteiger partial charge in [-0.3, -0.25) is 9.78 Å². The van der Waals surface area contributed by atoms with Crippen LogP contribution in [0.5, 0.6) is 0 Å². The Hall–Kier alpha value is -4.53. The lowest BCUT2D eigenvalue weighted by Gasteiger charge is -2.08. The number of nitrogens with zero attached hydrogens (tertiary/aromatic N) is 7. The normalized spacial score (nSPS) is 11.0. The van der Waals surface area contributed by atoms with E-state index in [1.165, 1.54) is 0 Å². The van der Waals surface area contributed by atoms with Crippen LogP contribution in [0.2, 0.25) is 0 Å². The number of H-pyrrole nitrogens is 1. The Morgan fingerprint density at radius 1 is 0.971 bits per heavy atom. The highest BCUT2D eigenvalue weighted by Gasteiger charge is 2.17. The molecule has 0 atom stereocenters. The van der Waals surface area contributed by atoms with Crippen LogP contribution in [0.25, 0.3) is 22.5 Å². The van der Waals surface area contributed by atoms with Crippen molar-refractivity contribution in [2.45, 2.75) is 32.7 Å². The predicted octanol–water partition coefficient (Wildman–Crippen LogP) is 3.95. The molecule has 5 rings (SSSR count). The largest absolute Gasteiger partial charge is 0.290 e. The molecule has 3 aromatic heterocycles. The number of aromatic nitrogens is 8. The highest BCUT2D eigenvalue weighted by Crippen LogP contribution is 2.29. The highest BCUT2D eigenvalue weighted by atomic mass is 16.1. The van der Waals surface area contributed by atoms with Gasteiger partial charge in [0.15, 0.2) is 0 Å². The zero-order valence-electron chi connectivity index (χ0n) is 19.3. The number of nitrogens with one attached hydrogen (secondary N) is 1. The molecule has 0 saturated carbocycles. The molecule has 9 heteroatoms. The number of hydrogen-bond donors (Lipinski definition) is 1. The van der Waals surface area contributed by atoms with Gasteiger partial charge in [0.2, 0.25) is 17.4 Å². The lowest BCUT2D eigenvalue weighted by atomic mass is 10.0. The van der Waals surface area contributed by atoms with E-state index in [1.807, 2.05) is 72.9 Å². The molecule has 1 N–H and O–H groups in total. The summed E-state index contributed by atoms with van der Waals surface area (Å²) in [6, 6.07) is 21.5. The minimum absolute atomic E-state index is 0.0892. The van der Waals surface area contributed by atoms with Crippen LogP contribution in [0.4, 0.5) is 0 Å². The number of hydrogen-bond acceptors (Lipinski definition) is 7. The van der Waals surface area contributed by atoms with Gasteiger partial charge in [-0.15, -0.1) is 15.3 Å². The van der Waals surface area contributed by atoms with Crippen LogP contribution in [0.15, 0.2) is 72.9 Å². The highest BCUT2D eigenvalue weighted by molar-refractivity contribution is 5.94. The van der Waals surface area contributed by atoms with Gasteiger partial charge in [-0.25, -0.2) is 9.67 Å². The molecule has 0 aliphatic carbocycles. The zero-order chi connectivity index (χ0) is 24.0. The summed E-state index contributed by atoms with van der Waals surface area (Å²) >= 11 is 0. The molecule has 3 heterocycles. The van der Waals surface area contributed by atoms with Gasteiger partial charge in [-0.05, 0) is 28.8 Å². The van der Waals surface area contributed by atoms with Crippen molar-refractivity contribution in [3.8, 4) is 22.5 Å². The molecule has 0 fully saturated rings. The molecule has 9 nitrogen and oxygen atoms in total. The molecule has 0 radical (unpaired) electrons. The van der Waals surface area contributed by atoms with Crippen molar-refractivity contribution >= 4 is 5.78 Å². The molecule has 174 valence electrons. The third-order valence-corrected chi connectivity index (χ3v) is 5.64. The summed E-state index contributed by atoms with van der Waals surface area (Å²) in [5.74, 6) is 1.48. The minimum atomic E-state index is -0.0892. The standard InChI is InChI=1S/C26H24N8O/c1-2-8-24-28-26(23(35)15-18-9-4-3-5-10-18)31-34(24)17-20-14-13-19(16-27-20)21-11-6-7-12-22(21)25-29-32-33-30-25/h3-7,9-14,16H,2,8,15,17H2,1H3,(H,29,30,32,33). The Morgan fingerprint density at radius 3 is 2.49 bits per heavy atom. The molecule has 0 saturated heterocycles. The van der Waals surface area contributed by atoms with Crippen molar-refractivity contribution in [3.63, 3.8) is 0 Å². The third kappa shape index (κ3) is 5.03. The quantitative estimate of drug-likeness (QED) is 0.328. The van der Waals surface area contributed by atoms with E-state index < -0.39 is 0 Å². The van der Waals surface area contributed by atoms with E-state index in [0.717, 1.165) is 46.6 Å². The van der Waals surface area contributed by atoms with Crippen LogP contribution < -0.4 is 0 Å². The number of carbonyl (C=O) groups is 1. The molecule has 0 bridgehead atoms. The SMILES string of the molecule is CCCc1nc(C(=O)Cc2ccccc2)nn1Cc1ccc(-c2ccccc2-c2nn[nH]n2)cn1. The number of aromatic amines is 1. The maximum atomic E-state index is 12.8. The summed E-state index contributed by atoms with van der Waals surface area (Å²) in [5.41, 5.74) is 4.56. The fraction of sp³-hybridized carbons (Fsp3) is 0.192. The summed E-state index contributed by atoms with van der Waals surface area (Å²) in [4.78, 5) is 22.0. The first-order valence-corrected chi connectivity index (χ1v) is 11.5. The van der Waals surface area contributed by atoms with E-state index >= 15 is 0 Å². The smallest absolute Gasteiger partial charge is 0.217 e. The van der Waals surface area contributed by atoms with Gasteiger partial charge in [-0.1, -0.05) is 67.6 Å². The first kappa shape index (κ1) is 22.3. The molecule has 0 unspecified atom stereocenters. The topological polar surface area (TPSA) is 115 Å². The number of rotatable bonds is 9. The molecule has 2 aromatic carbocycles. The van der Waals surface area contributed by atoms with E-state index in [-0.39, 0.29) is 18.0 Å². The van der Waals surface area contributed by atoms with Crippen molar-refractivity contribution in [1.82, 2.24) is 40.4 Å². The number of tetrazole rings is 1. The Bertz CT molecular complexity index is 1410. The van der Waals surface area contributed by atoms with Gasteiger partial charge >= 0.3 is 0 Å². The number of benzene rings is 2. The predicted molar refractivity (Wildman–Crippen MR) is 130 cm³/mol.